The van der Waals surface area contributed by atoms with Gasteiger partial charge in [0.1, 0.15) is 0 Å². The molecule has 5 heteroatoms. The van der Waals surface area contributed by atoms with Crippen molar-refractivity contribution in [3.8, 4) is 0 Å². The van der Waals surface area contributed by atoms with E-state index >= 15 is 0 Å². The van der Waals surface area contributed by atoms with Gasteiger partial charge in [-0.1, -0.05) is 6.92 Å². The highest BCUT2D eigenvalue weighted by Gasteiger charge is 2.18. The van der Waals surface area contributed by atoms with Crippen LogP contribution in [0.25, 0.3) is 0 Å². The average Bonchev–Trinajstić information content (AvgIpc) is 2.98. The van der Waals surface area contributed by atoms with Gasteiger partial charge in [-0.25, -0.2) is 0 Å². The van der Waals surface area contributed by atoms with Gasteiger partial charge in [0.15, 0.2) is 0 Å². The normalized spacial score (nSPS) is 12.9. The molecule has 0 amide bonds. The molecule has 1 atom stereocenters. The summed E-state index contributed by atoms with van der Waals surface area (Å²) >= 11 is 5.39. The Balaban J connectivity index is 2.26. The van der Waals surface area contributed by atoms with Gasteiger partial charge in [0.25, 0.3) is 0 Å². The number of aryl methyl sites for hydroxylation is 3. The molecule has 0 saturated carbocycles. The smallest absolute Gasteiger partial charge is 0.0738 e. The van der Waals surface area contributed by atoms with E-state index in [9.17, 15) is 0 Å². The zero-order valence-electron chi connectivity index (χ0n) is 11.6. The summed E-state index contributed by atoms with van der Waals surface area (Å²) in [5, 5.41) is 6.65. The van der Waals surface area contributed by atoms with Crippen molar-refractivity contribution in [2.45, 2.75) is 46.2 Å². The predicted octanol–water partition coefficient (Wildman–Crippen LogP) is 3.84. The van der Waals surface area contributed by atoms with Crippen LogP contribution in [0.4, 0.5) is 0 Å². The zero-order chi connectivity index (χ0) is 14.0. The Morgan fingerprint density at radius 3 is 2.84 bits per heavy atom. The first kappa shape index (κ1) is 14.8. The summed E-state index contributed by atoms with van der Waals surface area (Å²) < 4.78 is 3.14. The van der Waals surface area contributed by atoms with Crippen LogP contribution in [0, 0.1) is 6.92 Å². The standard InChI is InChI=1S/C14H20BrN3S/c1-4-10-6-7-19-14(10)11(16)8-12-13(15)9(3)17-18(12)5-2/h6-7,11H,4-5,8,16H2,1-3H3. The van der Waals surface area contributed by atoms with Crippen molar-refractivity contribution < 1.29 is 0 Å². The number of halogens is 1. The van der Waals surface area contributed by atoms with E-state index in [1.165, 1.54) is 16.1 Å². The van der Waals surface area contributed by atoms with Gasteiger partial charge in [0, 0.05) is 23.9 Å². The Labute approximate surface area is 126 Å². The zero-order valence-corrected chi connectivity index (χ0v) is 14.0. The first-order chi connectivity index (χ1) is 9.08. The molecule has 0 bridgehead atoms. The largest absolute Gasteiger partial charge is 0.323 e. The molecule has 2 heterocycles. The molecule has 2 aromatic heterocycles. The summed E-state index contributed by atoms with van der Waals surface area (Å²) in [6.07, 6.45) is 1.86. The van der Waals surface area contributed by atoms with Gasteiger partial charge in [0.05, 0.1) is 15.9 Å². The number of aromatic nitrogens is 2. The molecule has 1 unspecified atom stereocenters. The SMILES string of the molecule is CCc1ccsc1C(N)Cc1c(Br)c(C)nn1CC. The second-order valence-corrected chi connectivity index (χ2v) is 6.38. The summed E-state index contributed by atoms with van der Waals surface area (Å²) in [4.78, 5) is 1.30. The van der Waals surface area contributed by atoms with Crippen molar-refractivity contribution in [2.24, 2.45) is 5.73 Å². The van der Waals surface area contributed by atoms with E-state index in [0.717, 1.165) is 29.6 Å². The van der Waals surface area contributed by atoms with Gasteiger partial charge in [-0.2, -0.15) is 5.10 Å². The molecule has 0 aliphatic rings. The molecule has 0 radical (unpaired) electrons. The van der Waals surface area contributed by atoms with E-state index in [0.29, 0.717) is 0 Å². The fourth-order valence-corrected chi connectivity index (χ4v) is 3.78. The molecule has 0 saturated heterocycles. The first-order valence-corrected chi connectivity index (χ1v) is 8.29. The molecule has 3 nitrogen and oxygen atoms in total. The molecule has 0 aliphatic heterocycles. The van der Waals surface area contributed by atoms with E-state index < -0.39 is 0 Å². The van der Waals surface area contributed by atoms with Crippen molar-refractivity contribution in [3.63, 3.8) is 0 Å². The minimum absolute atomic E-state index is 0.0487. The monoisotopic (exact) mass is 341 g/mol. The van der Waals surface area contributed by atoms with Crippen LogP contribution in [0.1, 0.15) is 41.7 Å². The first-order valence-electron chi connectivity index (χ1n) is 6.62. The average molecular weight is 342 g/mol. The molecule has 19 heavy (non-hydrogen) atoms. The summed E-state index contributed by atoms with van der Waals surface area (Å²) in [6, 6.07) is 2.23. The van der Waals surface area contributed by atoms with Crippen molar-refractivity contribution in [3.05, 3.63) is 37.7 Å². The fourth-order valence-electron chi connectivity index (χ4n) is 2.33. The third-order valence-electron chi connectivity index (χ3n) is 3.36. The summed E-state index contributed by atoms with van der Waals surface area (Å²) in [5.41, 5.74) is 10.00. The van der Waals surface area contributed by atoms with Gasteiger partial charge in [-0.05, 0) is 53.2 Å². The van der Waals surface area contributed by atoms with E-state index in [1.54, 1.807) is 11.3 Å². The second-order valence-electron chi connectivity index (χ2n) is 4.64. The van der Waals surface area contributed by atoms with Crippen LogP contribution in [0.15, 0.2) is 15.9 Å². The lowest BCUT2D eigenvalue weighted by molar-refractivity contribution is 0.588. The van der Waals surface area contributed by atoms with Crippen LogP contribution in [0.3, 0.4) is 0 Å². The summed E-state index contributed by atoms with van der Waals surface area (Å²) in [6.45, 7) is 7.18. The van der Waals surface area contributed by atoms with Crippen LogP contribution >= 0.6 is 27.3 Å². The van der Waals surface area contributed by atoms with E-state index in [2.05, 4.69) is 46.3 Å². The van der Waals surface area contributed by atoms with Crippen LogP contribution in [0.2, 0.25) is 0 Å². The minimum Gasteiger partial charge on any atom is -0.323 e. The number of thiophene rings is 1. The fraction of sp³-hybridized carbons (Fsp3) is 0.500. The van der Waals surface area contributed by atoms with Gasteiger partial charge in [-0.15, -0.1) is 11.3 Å². The number of rotatable bonds is 5. The molecule has 0 aromatic carbocycles. The lowest BCUT2D eigenvalue weighted by Gasteiger charge is -2.13. The number of hydrogen-bond acceptors (Lipinski definition) is 3. The molecule has 104 valence electrons. The highest BCUT2D eigenvalue weighted by Crippen LogP contribution is 2.29. The third kappa shape index (κ3) is 2.93. The van der Waals surface area contributed by atoms with Crippen LogP contribution < -0.4 is 5.73 Å². The van der Waals surface area contributed by atoms with E-state index in [1.807, 2.05) is 11.6 Å². The highest BCUT2D eigenvalue weighted by molar-refractivity contribution is 9.10. The molecule has 2 N–H and O–H groups in total. The topological polar surface area (TPSA) is 43.8 Å². The van der Waals surface area contributed by atoms with E-state index in [-0.39, 0.29) is 6.04 Å². The van der Waals surface area contributed by atoms with Crippen molar-refractivity contribution in [1.82, 2.24) is 9.78 Å². The maximum Gasteiger partial charge on any atom is 0.0738 e. The van der Waals surface area contributed by atoms with Crippen molar-refractivity contribution in [2.75, 3.05) is 0 Å². The highest BCUT2D eigenvalue weighted by atomic mass is 79.9. The third-order valence-corrected chi connectivity index (χ3v) is 5.49. The maximum absolute atomic E-state index is 6.40. The summed E-state index contributed by atoms with van der Waals surface area (Å²) in [5.74, 6) is 0. The molecular weight excluding hydrogens is 322 g/mol. The number of hydrogen-bond donors (Lipinski definition) is 1. The Morgan fingerprint density at radius 2 is 2.21 bits per heavy atom. The molecular formula is C14H20BrN3S. The van der Waals surface area contributed by atoms with Crippen molar-refractivity contribution in [1.29, 1.82) is 0 Å². The molecule has 0 aliphatic carbocycles. The van der Waals surface area contributed by atoms with E-state index in [4.69, 9.17) is 5.73 Å². The Kier molecular flexibility index (Phi) is 4.81. The Hall–Kier alpha value is -0.650. The molecule has 2 rings (SSSR count). The van der Waals surface area contributed by atoms with Crippen LogP contribution in [-0.4, -0.2) is 9.78 Å². The van der Waals surface area contributed by atoms with Crippen LogP contribution in [0.5, 0.6) is 0 Å². The van der Waals surface area contributed by atoms with Crippen molar-refractivity contribution >= 4 is 27.3 Å². The summed E-state index contributed by atoms with van der Waals surface area (Å²) in [7, 11) is 0. The second kappa shape index (κ2) is 6.20. The minimum atomic E-state index is 0.0487. The van der Waals surface area contributed by atoms with Gasteiger partial charge in [0.2, 0.25) is 0 Å². The van der Waals surface area contributed by atoms with Crippen LogP contribution in [-0.2, 0) is 19.4 Å². The quantitative estimate of drug-likeness (QED) is 0.897. The Morgan fingerprint density at radius 1 is 1.47 bits per heavy atom. The van der Waals surface area contributed by atoms with Gasteiger partial charge < -0.3 is 5.73 Å². The predicted molar refractivity (Wildman–Crippen MR) is 84.7 cm³/mol. The molecule has 0 spiro atoms. The lowest BCUT2D eigenvalue weighted by Crippen LogP contribution is -2.16. The van der Waals surface area contributed by atoms with Gasteiger partial charge in [-0.3, -0.25) is 4.68 Å². The number of nitrogens with zero attached hydrogens (tertiary/aromatic N) is 2. The lowest BCUT2D eigenvalue weighted by atomic mass is 10.1. The Bertz CT molecular complexity index is 559. The molecule has 0 fully saturated rings. The van der Waals surface area contributed by atoms with Gasteiger partial charge >= 0.3 is 0 Å². The molecule has 2 aromatic rings. The number of nitrogens with two attached hydrogens (primary N) is 1. The maximum atomic E-state index is 6.40.